The molecule has 0 aliphatic carbocycles. The average molecular weight is 258 g/mol. The molecule has 0 saturated carbocycles. The van der Waals surface area contributed by atoms with Gasteiger partial charge >= 0.3 is 0 Å². The van der Waals surface area contributed by atoms with Crippen LogP contribution in [0.2, 0.25) is 5.02 Å². The summed E-state index contributed by atoms with van der Waals surface area (Å²) in [5.41, 5.74) is 6.60. The summed E-state index contributed by atoms with van der Waals surface area (Å²) in [6, 6.07) is 4.96. The van der Waals surface area contributed by atoms with E-state index in [0.29, 0.717) is 24.0 Å². The van der Waals surface area contributed by atoms with Crippen LogP contribution >= 0.6 is 11.6 Å². The van der Waals surface area contributed by atoms with Crippen LogP contribution in [0.25, 0.3) is 0 Å². The molecule has 1 saturated heterocycles. The number of methoxy groups -OCH3 is 1. The molecule has 1 heterocycles. The highest BCUT2D eigenvalue weighted by atomic mass is 35.5. The van der Waals surface area contributed by atoms with Crippen LogP contribution in [0.4, 0.5) is 0 Å². The van der Waals surface area contributed by atoms with E-state index in [-0.39, 0.29) is 12.6 Å². The monoisotopic (exact) mass is 257 g/mol. The fourth-order valence-corrected chi connectivity index (χ4v) is 2.19. The number of hydrogen-bond donors (Lipinski definition) is 2. The molecule has 2 rings (SSSR count). The first-order chi connectivity index (χ1) is 8.13. The van der Waals surface area contributed by atoms with Crippen LogP contribution in [-0.2, 0) is 4.74 Å². The molecule has 1 unspecified atom stereocenters. The van der Waals surface area contributed by atoms with E-state index in [1.165, 1.54) is 0 Å². The van der Waals surface area contributed by atoms with Gasteiger partial charge in [0.25, 0.3) is 0 Å². The summed E-state index contributed by atoms with van der Waals surface area (Å²) >= 11 is 5.97. The SMILES string of the molecule is COc1ccc(Cl)cc1C(N)C1(CO)COC1. The lowest BCUT2D eigenvalue weighted by atomic mass is 9.76. The van der Waals surface area contributed by atoms with Gasteiger partial charge in [0.05, 0.1) is 32.3 Å². The van der Waals surface area contributed by atoms with Crippen molar-refractivity contribution in [3.63, 3.8) is 0 Å². The number of halogens is 1. The molecule has 4 nitrogen and oxygen atoms in total. The molecule has 1 aliphatic rings. The lowest BCUT2D eigenvalue weighted by molar-refractivity contribution is -0.150. The van der Waals surface area contributed by atoms with Crippen molar-refractivity contribution in [1.82, 2.24) is 0 Å². The summed E-state index contributed by atoms with van der Waals surface area (Å²) in [7, 11) is 1.59. The number of nitrogens with two attached hydrogens (primary N) is 1. The van der Waals surface area contributed by atoms with Crippen molar-refractivity contribution in [2.45, 2.75) is 6.04 Å². The summed E-state index contributed by atoms with van der Waals surface area (Å²) in [6.45, 7) is 0.907. The lowest BCUT2D eigenvalue weighted by Gasteiger charge is -2.44. The maximum atomic E-state index is 9.47. The van der Waals surface area contributed by atoms with Crippen LogP contribution in [0.1, 0.15) is 11.6 Å². The Labute approximate surface area is 105 Å². The van der Waals surface area contributed by atoms with Crippen molar-refractivity contribution in [3.05, 3.63) is 28.8 Å². The van der Waals surface area contributed by atoms with Crippen LogP contribution in [0.15, 0.2) is 18.2 Å². The highest BCUT2D eigenvalue weighted by molar-refractivity contribution is 6.30. The van der Waals surface area contributed by atoms with Crippen LogP contribution in [0.5, 0.6) is 5.75 Å². The largest absolute Gasteiger partial charge is 0.496 e. The second-order valence-corrected chi connectivity index (χ2v) is 4.81. The quantitative estimate of drug-likeness (QED) is 0.855. The molecule has 1 atom stereocenters. The Morgan fingerprint density at radius 3 is 2.76 bits per heavy atom. The Balaban J connectivity index is 2.35. The molecule has 0 spiro atoms. The fourth-order valence-electron chi connectivity index (χ4n) is 2.01. The number of rotatable bonds is 4. The van der Waals surface area contributed by atoms with E-state index in [9.17, 15) is 5.11 Å². The van der Waals surface area contributed by atoms with Crippen LogP contribution in [-0.4, -0.2) is 32.0 Å². The number of ether oxygens (including phenoxy) is 2. The molecule has 0 bridgehead atoms. The van der Waals surface area contributed by atoms with Crippen molar-refractivity contribution in [2.24, 2.45) is 11.1 Å². The molecule has 1 fully saturated rings. The molecule has 0 aromatic heterocycles. The van der Waals surface area contributed by atoms with Gasteiger partial charge in [0.1, 0.15) is 5.75 Å². The Bertz CT molecular complexity index is 401. The van der Waals surface area contributed by atoms with Gasteiger partial charge in [-0.25, -0.2) is 0 Å². The Morgan fingerprint density at radius 2 is 2.29 bits per heavy atom. The smallest absolute Gasteiger partial charge is 0.123 e. The molecular formula is C12H16ClNO3. The third kappa shape index (κ3) is 2.13. The lowest BCUT2D eigenvalue weighted by Crippen LogP contribution is -2.52. The van der Waals surface area contributed by atoms with Gasteiger partial charge in [-0.15, -0.1) is 0 Å². The topological polar surface area (TPSA) is 64.7 Å². The highest BCUT2D eigenvalue weighted by Crippen LogP contribution is 2.42. The molecule has 94 valence electrons. The van der Waals surface area contributed by atoms with E-state index in [1.54, 1.807) is 25.3 Å². The molecule has 17 heavy (non-hydrogen) atoms. The second-order valence-electron chi connectivity index (χ2n) is 4.38. The number of benzene rings is 1. The Kier molecular flexibility index (Phi) is 3.58. The summed E-state index contributed by atoms with van der Waals surface area (Å²) in [5, 5.41) is 10.1. The first kappa shape index (κ1) is 12.6. The van der Waals surface area contributed by atoms with Crippen LogP contribution in [0.3, 0.4) is 0 Å². The number of hydrogen-bond acceptors (Lipinski definition) is 4. The molecule has 0 amide bonds. The summed E-state index contributed by atoms with van der Waals surface area (Å²) in [5.74, 6) is 0.682. The van der Waals surface area contributed by atoms with E-state index >= 15 is 0 Å². The minimum atomic E-state index is -0.419. The van der Waals surface area contributed by atoms with Gasteiger partial charge in [0.2, 0.25) is 0 Å². The minimum Gasteiger partial charge on any atom is -0.496 e. The van der Waals surface area contributed by atoms with Crippen molar-refractivity contribution < 1.29 is 14.6 Å². The highest BCUT2D eigenvalue weighted by Gasteiger charge is 2.45. The van der Waals surface area contributed by atoms with E-state index in [0.717, 1.165) is 5.56 Å². The van der Waals surface area contributed by atoms with Gasteiger partial charge < -0.3 is 20.3 Å². The van der Waals surface area contributed by atoms with Gasteiger partial charge in [-0.3, -0.25) is 0 Å². The number of aliphatic hydroxyl groups excluding tert-OH is 1. The molecule has 5 heteroatoms. The first-order valence-electron chi connectivity index (χ1n) is 5.40. The standard InChI is InChI=1S/C12H16ClNO3/c1-16-10-3-2-8(13)4-9(10)11(14)12(5-15)6-17-7-12/h2-4,11,15H,5-7,14H2,1H3. The Hall–Kier alpha value is -0.810. The first-order valence-corrected chi connectivity index (χ1v) is 5.78. The van der Waals surface area contributed by atoms with Crippen LogP contribution in [0, 0.1) is 5.41 Å². The third-order valence-electron chi connectivity index (χ3n) is 3.28. The van der Waals surface area contributed by atoms with E-state index < -0.39 is 5.41 Å². The summed E-state index contributed by atoms with van der Waals surface area (Å²) < 4.78 is 10.4. The maximum Gasteiger partial charge on any atom is 0.123 e. The van der Waals surface area contributed by atoms with Gasteiger partial charge in [0, 0.05) is 16.6 Å². The normalized spacial score (nSPS) is 19.5. The molecule has 1 aromatic rings. The average Bonchev–Trinajstić information content (AvgIpc) is 2.28. The molecule has 1 aliphatic heterocycles. The summed E-state index contributed by atoms with van der Waals surface area (Å²) in [4.78, 5) is 0. The third-order valence-corrected chi connectivity index (χ3v) is 3.52. The zero-order chi connectivity index (χ0) is 12.5. The molecule has 0 radical (unpaired) electrons. The Morgan fingerprint density at radius 1 is 1.59 bits per heavy atom. The van der Waals surface area contributed by atoms with Crippen molar-refractivity contribution in [1.29, 1.82) is 0 Å². The van der Waals surface area contributed by atoms with Gasteiger partial charge in [-0.1, -0.05) is 11.6 Å². The second kappa shape index (κ2) is 4.82. The van der Waals surface area contributed by atoms with Gasteiger partial charge in [-0.05, 0) is 18.2 Å². The predicted molar refractivity (Wildman–Crippen MR) is 65.3 cm³/mol. The van der Waals surface area contributed by atoms with Gasteiger partial charge in [0.15, 0.2) is 0 Å². The van der Waals surface area contributed by atoms with E-state index in [1.807, 2.05) is 0 Å². The fraction of sp³-hybridized carbons (Fsp3) is 0.500. The van der Waals surface area contributed by atoms with Gasteiger partial charge in [-0.2, -0.15) is 0 Å². The van der Waals surface area contributed by atoms with Crippen molar-refractivity contribution in [3.8, 4) is 5.75 Å². The van der Waals surface area contributed by atoms with E-state index in [4.69, 9.17) is 26.8 Å². The van der Waals surface area contributed by atoms with E-state index in [2.05, 4.69) is 0 Å². The van der Waals surface area contributed by atoms with Crippen molar-refractivity contribution in [2.75, 3.05) is 26.9 Å². The summed E-state index contributed by atoms with van der Waals surface area (Å²) in [6.07, 6.45) is 0. The van der Waals surface area contributed by atoms with Crippen molar-refractivity contribution >= 4 is 11.6 Å². The van der Waals surface area contributed by atoms with Crippen LogP contribution < -0.4 is 10.5 Å². The molecule has 3 N–H and O–H groups in total. The maximum absolute atomic E-state index is 9.47. The zero-order valence-electron chi connectivity index (χ0n) is 9.65. The molecule has 1 aromatic carbocycles. The minimum absolute atomic E-state index is 0.0101. The number of aliphatic hydroxyl groups is 1. The zero-order valence-corrected chi connectivity index (χ0v) is 10.4. The predicted octanol–water partition coefficient (Wildman–Crippen LogP) is 1.36. The molecular weight excluding hydrogens is 242 g/mol.